The summed E-state index contributed by atoms with van der Waals surface area (Å²) < 4.78 is 18.8. The van der Waals surface area contributed by atoms with E-state index in [0.29, 0.717) is 22.6 Å². The van der Waals surface area contributed by atoms with Crippen molar-refractivity contribution in [1.82, 2.24) is 0 Å². The van der Waals surface area contributed by atoms with Crippen molar-refractivity contribution >= 4 is 34.4 Å². The van der Waals surface area contributed by atoms with Crippen molar-refractivity contribution in [1.29, 1.82) is 0 Å². The highest BCUT2D eigenvalue weighted by molar-refractivity contribution is 5.98. The molecule has 3 aromatic rings. The Kier molecular flexibility index (Phi) is 5.73. The largest absolute Gasteiger partial charge is 0.456 e. The van der Waals surface area contributed by atoms with Crippen LogP contribution in [0.3, 0.4) is 0 Å². The number of hydrogen-bond donors (Lipinski definition) is 3. The second-order valence-corrected chi connectivity index (χ2v) is 7.61. The van der Waals surface area contributed by atoms with Gasteiger partial charge in [0.2, 0.25) is 0 Å². The molecule has 0 atom stereocenters. The molecule has 6 heteroatoms. The van der Waals surface area contributed by atoms with Gasteiger partial charge in [-0.25, -0.2) is 9.18 Å². The van der Waals surface area contributed by atoms with E-state index in [-0.39, 0.29) is 5.82 Å². The summed E-state index contributed by atoms with van der Waals surface area (Å²) in [5.41, 5.74) is 9.03. The molecule has 3 rings (SSSR count). The summed E-state index contributed by atoms with van der Waals surface area (Å²) >= 11 is 0. The van der Waals surface area contributed by atoms with Crippen LogP contribution in [0.1, 0.15) is 31.1 Å². The van der Waals surface area contributed by atoms with Crippen LogP contribution in [0, 0.1) is 5.82 Å². The summed E-state index contributed by atoms with van der Waals surface area (Å²) in [5, 5.41) is 6.41. The Balaban J connectivity index is 1.95. The summed E-state index contributed by atoms with van der Waals surface area (Å²) in [6.07, 6.45) is 0. The van der Waals surface area contributed by atoms with Gasteiger partial charge in [0, 0.05) is 11.4 Å². The normalized spacial score (nSPS) is 11.0. The van der Waals surface area contributed by atoms with Gasteiger partial charge in [-0.05, 0) is 75.4 Å². The minimum Gasteiger partial charge on any atom is -0.456 e. The van der Waals surface area contributed by atoms with Gasteiger partial charge < -0.3 is 21.1 Å². The fourth-order valence-electron chi connectivity index (χ4n) is 2.69. The van der Waals surface area contributed by atoms with Gasteiger partial charge in [-0.2, -0.15) is 0 Å². The molecule has 3 aromatic carbocycles. The van der Waals surface area contributed by atoms with E-state index in [4.69, 9.17) is 10.5 Å². The van der Waals surface area contributed by atoms with Crippen molar-refractivity contribution in [2.75, 3.05) is 16.4 Å². The molecule has 0 fully saturated rings. The number of carbonyl (C=O) groups excluding carboxylic acids is 1. The summed E-state index contributed by atoms with van der Waals surface area (Å²) in [4.78, 5) is 12.7. The average molecular weight is 393 g/mol. The predicted octanol–water partition coefficient (Wildman–Crippen LogP) is 5.85. The zero-order valence-corrected chi connectivity index (χ0v) is 16.6. The Morgan fingerprint density at radius 1 is 0.897 bits per heavy atom. The molecule has 0 spiro atoms. The fraction of sp³-hybridized carbons (Fsp3) is 0.174. The first-order valence-corrected chi connectivity index (χ1v) is 9.23. The number of anilines is 5. The maximum Gasteiger partial charge on any atom is 0.340 e. The molecule has 0 saturated heterocycles. The van der Waals surface area contributed by atoms with Crippen LogP contribution in [0.25, 0.3) is 0 Å². The number of carbonyl (C=O) groups is 1. The molecule has 0 bridgehead atoms. The molecule has 0 amide bonds. The number of ether oxygens (including phenoxy) is 1. The summed E-state index contributed by atoms with van der Waals surface area (Å²) in [6.45, 7) is 5.43. The molecule has 0 aromatic heterocycles. The van der Waals surface area contributed by atoms with Crippen molar-refractivity contribution in [2.45, 2.75) is 26.4 Å². The smallest absolute Gasteiger partial charge is 0.340 e. The molecular weight excluding hydrogens is 369 g/mol. The Labute approximate surface area is 169 Å². The third kappa shape index (κ3) is 5.48. The standard InChI is InChI=1S/C23H24FN3O2/c1-23(2,3)29-22(28)18-13-12-17(27-20-7-5-4-6-19(20)25)14-21(18)26-16-10-8-15(24)9-11-16/h4-14,26-27H,25H2,1-3H3. The lowest BCUT2D eigenvalue weighted by Gasteiger charge is -2.21. The van der Waals surface area contributed by atoms with Crippen LogP contribution in [0.2, 0.25) is 0 Å². The third-order valence-corrected chi connectivity index (χ3v) is 4.00. The van der Waals surface area contributed by atoms with Crippen molar-refractivity contribution in [3.8, 4) is 0 Å². The fourth-order valence-corrected chi connectivity index (χ4v) is 2.69. The van der Waals surface area contributed by atoms with Gasteiger partial charge in [-0.15, -0.1) is 0 Å². The van der Waals surface area contributed by atoms with E-state index < -0.39 is 11.6 Å². The first-order chi connectivity index (χ1) is 13.7. The molecule has 4 N–H and O–H groups in total. The molecule has 150 valence electrons. The first kappa shape index (κ1) is 20.2. The number of nitrogen functional groups attached to an aromatic ring is 1. The van der Waals surface area contributed by atoms with E-state index in [1.54, 1.807) is 36.4 Å². The molecule has 0 saturated carbocycles. The number of halogens is 1. The molecule has 29 heavy (non-hydrogen) atoms. The number of rotatable bonds is 5. The quantitative estimate of drug-likeness (QED) is 0.374. The van der Waals surface area contributed by atoms with Gasteiger partial charge in [0.15, 0.2) is 0 Å². The van der Waals surface area contributed by atoms with Gasteiger partial charge in [-0.1, -0.05) is 12.1 Å². The Morgan fingerprint density at radius 3 is 2.17 bits per heavy atom. The van der Waals surface area contributed by atoms with Crippen LogP contribution in [0.5, 0.6) is 0 Å². The molecule has 5 nitrogen and oxygen atoms in total. The van der Waals surface area contributed by atoms with E-state index in [9.17, 15) is 9.18 Å². The van der Waals surface area contributed by atoms with Crippen LogP contribution in [0.15, 0.2) is 66.7 Å². The Morgan fingerprint density at radius 2 is 1.52 bits per heavy atom. The maximum atomic E-state index is 13.2. The average Bonchev–Trinajstić information content (AvgIpc) is 2.64. The lowest BCUT2D eigenvalue weighted by molar-refractivity contribution is 0.00708. The van der Waals surface area contributed by atoms with E-state index in [0.717, 1.165) is 11.4 Å². The van der Waals surface area contributed by atoms with E-state index >= 15 is 0 Å². The Bertz CT molecular complexity index is 1010. The number of para-hydroxylation sites is 2. The SMILES string of the molecule is CC(C)(C)OC(=O)c1ccc(Nc2ccccc2N)cc1Nc1ccc(F)cc1. The van der Waals surface area contributed by atoms with Crippen molar-refractivity contribution < 1.29 is 13.9 Å². The highest BCUT2D eigenvalue weighted by atomic mass is 19.1. The lowest BCUT2D eigenvalue weighted by atomic mass is 10.1. The lowest BCUT2D eigenvalue weighted by Crippen LogP contribution is -2.24. The van der Waals surface area contributed by atoms with Gasteiger partial charge in [0.05, 0.1) is 22.6 Å². The molecular formula is C23H24FN3O2. The molecule has 0 unspecified atom stereocenters. The number of nitrogens with one attached hydrogen (secondary N) is 2. The minimum atomic E-state index is -0.625. The number of hydrogen-bond acceptors (Lipinski definition) is 5. The minimum absolute atomic E-state index is 0.335. The molecule has 0 radical (unpaired) electrons. The summed E-state index contributed by atoms with van der Waals surface area (Å²) in [6, 6.07) is 18.5. The number of nitrogens with two attached hydrogens (primary N) is 1. The summed E-state index contributed by atoms with van der Waals surface area (Å²) in [7, 11) is 0. The maximum absolute atomic E-state index is 13.2. The molecule has 0 heterocycles. The highest BCUT2D eigenvalue weighted by Gasteiger charge is 2.21. The van der Waals surface area contributed by atoms with Gasteiger partial charge in [0.1, 0.15) is 11.4 Å². The summed E-state index contributed by atoms with van der Waals surface area (Å²) in [5.74, 6) is -0.786. The number of benzene rings is 3. The third-order valence-electron chi connectivity index (χ3n) is 4.00. The molecule has 0 aliphatic rings. The number of esters is 1. The van der Waals surface area contributed by atoms with E-state index in [1.807, 2.05) is 39.0 Å². The first-order valence-electron chi connectivity index (χ1n) is 9.23. The van der Waals surface area contributed by atoms with Crippen molar-refractivity contribution in [3.63, 3.8) is 0 Å². The van der Waals surface area contributed by atoms with Crippen LogP contribution in [0.4, 0.5) is 32.8 Å². The predicted molar refractivity (Wildman–Crippen MR) is 115 cm³/mol. The van der Waals surface area contributed by atoms with E-state index in [2.05, 4.69) is 10.6 Å². The van der Waals surface area contributed by atoms with Crippen LogP contribution >= 0.6 is 0 Å². The van der Waals surface area contributed by atoms with Crippen LogP contribution < -0.4 is 16.4 Å². The zero-order chi connectivity index (χ0) is 21.0. The highest BCUT2D eigenvalue weighted by Crippen LogP contribution is 2.30. The Hall–Kier alpha value is -3.54. The molecule has 0 aliphatic heterocycles. The van der Waals surface area contributed by atoms with Crippen molar-refractivity contribution in [3.05, 3.63) is 78.1 Å². The topological polar surface area (TPSA) is 76.4 Å². The van der Waals surface area contributed by atoms with Gasteiger partial charge in [0.25, 0.3) is 0 Å². The zero-order valence-electron chi connectivity index (χ0n) is 16.6. The van der Waals surface area contributed by atoms with Crippen molar-refractivity contribution in [2.24, 2.45) is 0 Å². The second kappa shape index (κ2) is 8.22. The van der Waals surface area contributed by atoms with E-state index in [1.165, 1.54) is 12.1 Å². The molecule has 0 aliphatic carbocycles. The monoisotopic (exact) mass is 393 g/mol. The second-order valence-electron chi connectivity index (χ2n) is 7.61. The van der Waals surface area contributed by atoms with Gasteiger partial charge >= 0.3 is 5.97 Å². The van der Waals surface area contributed by atoms with Gasteiger partial charge in [-0.3, -0.25) is 0 Å². The van der Waals surface area contributed by atoms with Crippen LogP contribution in [-0.2, 0) is 4.74 Å². The van der Waals surface area contributed by atoms with Crippen LogP contribution in [-0.4, -0.2) is 11.6 Å².